The molecule has 0 aromatic carbocycles. The van der Waals surface area contributed by atoms with Gasteiger partial charge in [-0.25, -0.2) is 4.31 Å². The van der Waals surface area contributed by atoms with E-state index in [1.54, 1.807) is 13.1 Å². The molecule has 1 rings (SSSR count). The van der Waals surface area contributed by atoms with Crippen molar-refractivity contribution in [3.8, 4) is 0 Å². The molecule has 0 saturated heterocycles. The normalized spacial score (nSPS) is 13.2. The zero-order valence-electron chi connectivity index (χ0n) is 18.8. The molecule has 1 aromatic heterocycles. The molecule has 0 radical (unpaired) electrons. The fourth-order valence-electron chi connectivity index (χ4n) is 2.15. The van der Waals surface area contributed by atoms with Crippen LogP contribution in [0.5, 0.6) is 0 Å². The molecule has 0 fully saturated rings. The van der Waals surface area contributed by atoms with E-state index in [4.69, 9.17) is 14.2 Å². The lowest BCUT2D eigenvalue weighted by molar-refractivity contribution is -1.01. The van der Waals surface area contributed by atoms with Crippen molar-refractivity contribution in [2.75, 3.05) is 37.4 Å². The molecule has 0 spiro atoms. The zero-order chi connectivity index (χ0) is 22.5. The summed E-state index contributed by atoms with van der Waals surface area (Å²) in [5, 5.41) is 22.0. The van der Waals surface area contributed by atoms with Crippen LogP contribution in [-0.4, -0.2) is 47.4 Å². The maximum absolute atomic E-state index is 9.95. The molecule has 1 aromatic rings. The molecular weight excluding hydrogens is 426 g/mol. The Hall–Kier alpha value is -1.98. The average Bonchev–Trinajstić information content (AvgIpc) is 3.11. The highest BCUT2D eigenvalue weighted by Gasteiger charge is 2.24. The lowest BCUT2D eigenvalue weighted by atomic mass is 10.4. The third-order valence-electron chi connectivity index (χ3n) is 3.59. The Labute approximate surface area is 187 Å². The van der Waals surface area contributed by atoms with Crippen LogP contribution in [0.3, 0.4) is 0 Å². The molecule has 1 heterocycles. The molecule has 0 atom stereocenters. The second-order valence-corrected chi connectivity index (χ2v) is 8.51. The van der Waals surface area contributed by atoms with Crippen LogP contribution >= 0.6 is 23.7 Å². The molecule has 30 heavy (non-hydrogen) atoms. The van der Waals surface area contributed by atoms with Gasteiger partial charge < -0.3 is 20.0 Å². The van der Waals surface area contributed by atoms with Crippen LogP contribution in [0.4, 0.5) is 11.6 Å². The van der Waals surface area contributed by atoms with Gasteiger partial charge in [-0.15, -0.1) is 0 Å². The van der Waals surface area contributed by atoms with Crippen molar-refractivity contribution in [3.63, 3.8) is 0 Å². The van der Waals surface area contributed by atoms with Crippen LogP contribution < -0.4 is 20.4 Å². The predicted octanol–water partition coefficient (Wildman–Crippen LogP) is 4.11. The van der Waals surface area contributed by atoms with Crippen molar-refractivity contribution >= 4 is 35.3 Å². The second-order valence-electron chi connectivity index (χ2n) is 6.23. The predicted molar refractivity (Wildman–Crippen MR) is 124 cm³/mol. The van der Waals surface area contributed by atoms with Crippen LogP contribution in [0.25, 0.3) is 0 Å². The molecule has 3 N–H and O–H groups in total. The Kier molecular flexibility index (Phi) is 12.2. The summed E-state index contributed by atoms with van der Waals surface area (Å²) in [7, 11) is 1.48. The number of aromatic nitrogens is 2. The first-order valence-electron chi connectivity index (χ1n) is 9.79. The molecule has 9 nitrogen and oxygen atoms in total. The maximum Gasteiger partial charge on any atom is 0.370 e. The van der Waals surface area contributed by atoms with Crippen LogP contribution in [0.2, 0.25) is 0 Å². The highest BCUT2D eigenvalue weighted by molar-refractivity contribution is 8.22. The first kappa shape index (κ1) is 26.1. The number of allylic oxidation sites excluding steroid dienone is 2. The van der Waals surface area contributed by atoms with E-state index >= 15 is 0 Å². The van der Waals surface area contributed by atoms with Crippen molar-refractivity contribution in [1.29, 1.82) is 0 Å². The maximum atomic E-state index is 9.95. The van der Waals surface area contributed by atoms with E-state index in [9.17, 15) is 5.11 Å². The molecule has 0 amide bonds. The number of hydrogen-bond acceptors (Lipinski definition) is 10. The van der Waals surface area contributed by atoms with Gasteiger partial charge in [0, 0.05) is 18.5 Å². The molecule has 0 aliphatic rings. The second kappa shape index (κ2) is 14.1. The number of aliphatic hydroxyl groups is 1. The van der Waals surface area contributed by atoms with E-state index in [0.717, 1.165) is 28.0 Å². The quantitative estimate of drug-likeness (QED) is 0.278. The Morgan fingerprint density at radius 2 is 2.07 bits per heavy atom. The van der Waals surface area contributed by atoms with E-state index in [1.807, 2.05) is 32.3 Å². The highest BCUT2D eigenvalue weighted by Crippen LogP contribution is 2.34. The number of ether oxygens (including phenoxy) is 1. The van der Waals surface area contributed by atoms with Crippen molar-refractivity contribution in [2.24, 2.45) is 0 Å². The zero-order valence-corrected chi connectivity index (χ0v) is 20.4. The molecule has 0 unspecified atom stereocenters. The van der Waals surface area contributed by atoms with Crippen molar-refractivity contribution in [1.82, 2.24) is 9.46 Å². The van der Waals surface area contributed by atoms with Gasteiger partial charge in [0.05, 0.1) is 23.1 Å². The fourth-order valence-corrected chi connectivity index (χ4v) is 3.86. The van der Waals surface area contributed by atoms with Crippen LogP contribution in [0, 0.1) is 0 Å². The number of nitrogens with one attached hydrogen (secondary N) is 2. The molecule has 0 bridgehead atoms. The average molecular weight is 461 g/mol. The van der Waals surface area contributed by atoms with Gasteiger partial charge in [-0.2, -0.15) is 0 Å². The number of anilines is 2. The summed E-state index contributed by atoms with van der Waals surface area (Å²) in [6, 6.07) is 0. The standard InChI is InChI=1S/C19H33N5O4S2/c1-8-16(27-14(4)5)13-21-17-18(24(26-7)28-22-17)20-11-12-29-19(15(6)25)30-23(9-2)10-3/h8,11-12,14H,9-10,13H2,1-7H3,(H2,21,22,25)/p+1/b12-11+,16-8-,19-15-. The summed E-state index contributed by atoms with van der Waals surface area (Å²) in [6.07, 6.45) is 3.72. The third kappa shape index (κ3) is 8.80. The van der Waals surface area contributed by atoms with E-state index in [1.165, 1.54) is 30.8 Å². The van der Waals surface area contributed by atoms with E-state index in [2.05, 4.69) is 33.9 Å². The van der Waals surface area contributed by atoms with E-state index in [-0.39, 0.29) is 11.9 Å². The summed E-state index contributed by atoms with van der Waals surface area (Å²) < 4.78 is 13.8. The third-order valence-corrected chi connectivity index (χ3v) is 6.12. The summed E-state index contributed by atoms with van der Waals surface area (Å²) in [4.78, 5) is 6.32. The van der Waals surface area contributed by atoms with Gasteiger partial charge >= 0.3 is 11.6 Å². The minimum Gasteiger partial charge on any atom is -0.511 e. The van der Waals surface area contributed by atoms with Gasteiger partial charge in [0.2, 0.25) is 0 Å². The SMILES string of the molecule is C/C=C(/CNc1no[n+](OC)c1N/C=C/S/C(SN(CC)CC)=C(\C)O)OC(C)C. The van der Waals surface area contributed by atoms with Crippen LogP contribution in [0.1, 0.15) is 41.5 Å². The lowest BCUT2D eigenvalue weighted by Gasteiger charge is -2.17. The van der Waals surface area contributed by atoms with Gasteiger partial charge in [-0.1, -0.05) is 30.2 Å². The van der Waals surface area contributed by atoms with Crippen molar-refractivity contribution < 1.29 is 24.2 Å². The fraction of sp³-hybridized carbons (Fsp3) is 0.579. The van der Waals surface area contributed by atoms with Crippen LogP contribution in [0.15, 0.2) is 38.1 Å². The largest absolute Gasteiger partial charge is 0.511 e. The van der Waals surface area contributed by atoms with Crippen LogP contribution in [-0.2, 0) is 4.74 Å². The van der Waals surface area contributed by atoms with Gasteiger partial charge in [-0.3, -0.25) is 5.32 Å². The smallest absolute Gasteiger partial charge is 0.370 e. The van der Waals surface area contributed by atoms with Crippen molar-refractivity contribution in [2.45, 2.75) is 47.6 Å². The molecule has 0 saturated carbocycles. The van der Waals surface area contributed by atoms with Gasteiger partial charge in [-0.05, 0) is 45.7 Å². The van der Waals surface area contributed by atoms with Gasteiger partial charge in [0.15, 0.2) is 0 Å². The molecule has 170 valence electrons. The number of rotatable bonds is 14. The number of hydrogen-bond donors (Lipinski definition) is 3. The topological polar surface area (TPSA) is 95.9 Å². The summed E-state index contributed by atoms with van der Waals surface area (Å²) in [5.41, 5.74) is 0. The number of aliphatic hydroxyl groups excluding tert-OH is 1. The molecule has 0 aliphatic heterocycles. The lowest BCUT2D eigenvalue weighted by Crippen LogP contribution is -2.40. The first-order valence-corrected chi connectivity index (χ1v) is 11.4. The first-order chi connectivity index (χ1) is 14.4. The molecular formula is C19H34N5O4S2+. The molecule has 11 heteroatoms. The van der Waals surface area contributed by atoms with Gasteiger partial charge in [0.1, 0.15) is 28.7 Å². The minimum atomic E-state index is 0.0863. The Morgan fingerprint density at radius 3 is 2.60 bits per heavy atom. The van der Waals surface area contributed by atoms with Gasteiger partial charge in [0.25, 0.3) is 0 Å². The summed E-state index contributed by atoms with van der Waals surface area (Å²) >= 11 is 2.94. The highest BCUT2D eigenvalue weighted by atomic mass is 32.2. The number of nitrogens with zero attached hydrogens (tertiary/aromatic N) is 3. The summed E-state index contributed by atoms with van der Waals surface area (Å²) in [6.45, 7) is 13.9. The van der Waals surface area contributed by atoms with E-state index < -0.39 is 0 Å². The Balaban J connectivity index is 2.78. The Bertz CT molecular complexity index is 727. The van der Waals surface area contributed by atoms with Crippen molar-refractivity contribution in [3.05, 3.63) is 33.4 Å². The summed E-state index contributed by atoms with van der Waals surface area (Å²) in [5.74, 6) is 2.06. The Morgan fingerprint density at radius 1 is 1.37 bits per heavy atom. The monoisotopic (exact) mass is 460 g/mol. The minimum absolute atomic E-state index is 0.0863. The molecule has 0 aliphatic carbocycles. The number of thioether (sulfide) groups is 1. The van der Waals surface area contributed by atoms with E-state index in [0.29, 0.717) is 18.2 Å².